The average Bonchev–Trinajstić information content (AvgIpc) is 2.76. The number of alkyl halides is 2. The number of aryl methyl sites for hydroxylation is 1. The third-order valence-corrected chi connectivity index (χ3v) is 2.33. The quantitative estimate of drug-likeness (QED) is 0.774. The minimum Gasteiger partial charge on any atom is -0.343 e. The molecule has 106 valence electrons. The number of aromatic nitrogens is 2. The molecule has 0 bridgehead atoms. The van der Waals surface area contributed by atoms with Gasteiger partial charge in [0.1, 0.15) is 5.69 Å². The third kappa shape index (κ3) is 3.71. The second-order valence-corrected chi connectivity index (χ2v) is 3.66. The highest BCUT2D eigenvalue weighted by molar-refractivity contribution is 5.97. The Morgan fingerprint density at radius 2 is 2.21 bits per heavy atom. The molecule has 0 aromatic carbocycles. The highest BCUT2D eigenvalue weighted by Crippen LogP contribution is 2.20. The first kappa shape index (κ1) is 15.0. The first-order valence-electron chi connectivity index (χ1n) is 5.27. The summed E-state index contributed by atoms with van der Waals surface area (Å²) in [5.41, 5.74) is -0.877. The summed E-state index contributed by atoms with van der Waals surface area (Å²) >= 11 is 0. The smallest absolute Gasteiger partial charge is 0.282 e. The number of hydrogen-bond acceptors (Lipinski definition) is 4. The van der Waals surface area contributed by atoms with Gasteiger partial charge in [0.15, 0.2) is 0 Å². The van der Waals surface area contributed by atoms with Crippen molar-refractivity contribution in [2.45, 2.75) is 6.43 Å². The van der Waals surface area contributed by atoms with Crippen molar-refractivity contribution >= 4 is 11.8 Å². The van der Waals surface area contributed by atoms with E-state index in [4.69, 9.17) is 0 Å². The van der Waals surface area contributed by atoms with Crippen LogP contribution >= 0.6 is 0 Å². The average molecular weight is 276 g/mol. The molecule has 0 saturated heterocycles. The molecular formula is C10H14F2N4O3. The van der Waals surface area contributed by atoms with E-state index in [9.17, 15) is 18.4 Å². The molecule has 0 aliphatic heterocycles. The fourth-order valence-electron chi connectivity index (χ4n) is 1.31. The largest absolute Gasteiger partial charge is 0.343 e. The van der Waals surface area contributed by atoms with E-state index in [0.29, 0.717) is 0 Å². The monoisotopic (exact) mass is 276 g/mol. The van der Waals surface area contributed by atoms with Gasteiger partial charge in [-0.2, -0.15) is 5.10 Å². The zero-order chi connectivity index (χ0) is 14.6. The van der Waals surface area contributed by atoms with Gasteiger partial charge in [0.25, 0.3) is 18.2 Å². The predicted molar refractivity (Wildman–Crippen MR) is 60.3 cm³/mol. The van der Waals surface area contributed by atoms with E-state index in [2.05, 4.69) is 15.3 Å². The summed E-state index contributed by atoms with van der Waals surface area (Å²) in [5, 5.41) is 6.64. The Balaban J connectivity index is 2.71. The van der Waals surface area contributed by atoms with Gasteiger partial charge >= 0.3 is 0 Å². The zero-order valence-corrected chi connectivity index (χ0v) is 10.7. The molecule has 0 aliphatic carbocycles. The molecule has 7 nitrogen and oxygen atoms in total. The van der Waals surface area contributed by atoms with Gasteiger partial charge in [-0.25, -0.2) is 13.8 Å². The highest BCUT2D eigenvalue weighted by Gasteiger charge is 2.23. The summed E-state index contributed by atoms with van der Waals surface area (Å²) in [6.07, 6.45) is -1.69. The molecule has 0 unspecified atom stereocenters. The van der Waals surface area contributed by atoms with E-state index in [1.807, 2.05) is 0 Å². The summed E-state index contributed by atoms with van der Waals surface area (Å²) in [6, 6.07) is 0. The maximum Gasteiger partial charge on any atom is 0.282 e. The second kappa shape index (κ2) is 6.23. The number of carbonyl (C=O) groups excluding carboxylic acids is 2. The molecule has 0 atom stereocenters. The minimum atomic E-state index is -2.86. The van der Waals surface area contributed by atoms with Crippen molar-refractivity contribution in [3.63, 3.8) is 0 Å². The third-order valence-electron chi connectivity index (χ3n) is 2.33. The van der Waals surface area contributed by atoms with Gasteiger partial charge in [-0.3, -0.25) is 19.1 Å². The molecule has 1 rings (SSSR count). The number of amides is 2. The Hall–Kier alpha value is -2.03. The Morgan fingerprint density at radius 3 is 2.74 bits per heavy atom. The molecule has 1 N–H and O–H groups in total. The van der Waals surface area contributed by atoms with Crippen LogP contribution in [0, 0.1) is 0 Å². The molecule has 0 radical (unpaired) electrons. The lowest BCUT2D eigenvalue weighted by molar-refractivity contribution is -0.167. The lowest BCUT2D eigenvalue weighted by atomic mass is 10.2. The van der Waals surface area contributed by atoms with Crippen LogP contribution in [0.1, 0.15) is 22.5 Å². The Bertz CT molecular complexity index is 475. The van der Waals surface area contributed by atoms with Crippen molar-refractivity contribution in [1.29, 1.82) is 0 Å². The summed E-state index contributed by atoms with van der Waals surface area (Å²) in [4.78, 5) is 27.7. The van der Waals surface area contributed by atoms with E-state index in [0.717, 1.165) is 9.75 Å². The predicted octanol–water partition coefficient (Wildman–Crippen LogP) is 0.107. The van der Waals surface area contributed by atoms with Crippen LogP contribution in [0.3, 0.4) is 0 Å². The number of hydrogen-bond donors (Lipinski definition) is 1. The molecule has 9 heteroatoms. The van der Waals surface area contributed by atoms with E-state index < -0.39 is 23.9 Å². The van der Waals surface area contributed by atoms with Crippen LogP contribution in [0.25, 0.3) is 0 Å². The van der Waals surface area contributed by atoms with Crippen LogP contribution in [-0.2, 0) is 16.7 Å². The zero-order valence-electron chi connectivity index (χ0n) is 10.7. The molecule has 2 amide bonds. The van der Waals surface area contributed by atoms with E-state index in [1.165, 1.54) is 27.4 Å². The summed E-state index contributed by atoms with van der Waals surface area (Å²) < 4.78 is 26.4. The number of rotatable bonds is 5. The minimum absolute atomic E-state index is 0.259. The van der Waals surface area contributed by atoms with E-state index >= 15 is 0 Å². The number of hydroxylamine groups is 2. The van der Waals surface area contributed by atoms with Crippen molar-refractivity contribution < 1.29 is 23.2 Å². The highest BCUT2D eigenvalue weighted by atomic mass is 19.3. The number of nitrogens with one attached hydrogen (secondary N) is 1. The van der Waals surface area contributed by atoms with Gasteiger partial charge < -0.3 is 5.32 Å². The van der Waals surface area contributed by atoms with Crippen LogP contribution in [-0.4, -0.2) is 47.4 Å². The normalized spacial score (nSPS) is 10.6. The fraction of sp³-hybridized carbons (Fsp3) is 0.500. The van der Waals surface area contributed by atoms with E-state index in [1.54, 1.807) is 0 Å². The Morgan fingerprint density at radius 1 is 1.58 bits per heavy atom. The maximum absolute atomic E-state index is 12.6. The topological polar surface area (TPSA) is 76.5 Å². The standard InChI is InChI=1S/C10H14F2N4O3/c1-15-5-6(8(14-15)9(11)12)10(18)13-4-7(17)16(2)19-3/h5,9H,4H2,1-3H3,(H,13,18). The van der Waals surface area contributed by atoms with Crippen LogP contribution in [0.15, 0.2) is 6.20 Å². The molecule has 19 heavy (non-hydrogen) atoms. The molecule has 1 aromatic rings. The van der Waals surface area contributed by atoms with Crippen molar-refractivity contribution in [2.24, 2.45) is 7.05 Å². The lowest BCUT2D eigenvalue weighted by Crippen LogP contribution is -2.37. The Labute approximate surface area is 108 Å². The first-order valence-corrected chi connectivity index (χ1v) is 5.27. The number of carbonyl (C=O) groups is 2. The van der Waals surface area contributed by atoms with Crippen LogP contribution in [0.4, 0.5) is 8.78 Å². The van der Waals surface area contributed by atoms with Crippen LogP contribution < -0.4 is 5.32 Å². The lowest BCUT2D eigenvalue weighted by Gasteiger charge is -2.13. The maximum atomic E-state index is 12.6. The van der Waals surface area contributed by atoms with Crippen LogP contribution in [0.2, 0.25) is 0 Å². The van der Waals surface area contributed by atoms with Gasteiger partial charge in [0, 0.05) is 20.3 Å². The van der Waals surface area contributed by atoms with Crippen LogP contribution in [0.5, 0.6) is 0 Å². The van der Waals surface area contributed by atoms with Gasteiger partial charge in [-0.1, -0.05) is 0 Å². The van der Waals surface area contributed by atoms with Crippen molar-refractivity contribution in [3.8, 4) is 0 Å². The molecule has 1 heterocycles. The fourth-order valence-corrected chi connectivity index (χ4v) is 1.31. The van der Waals surface area contributed by atoms with Crippen molar-refractivity contribution in [2.75, 3.05) is 20.7 Å². The molecular weight excluding hydrogens is 262 g/mol. The second-order valence-electron chi connectivity index (χ2n) is 3.66. The molecule has 1 aromatic heterocycles. The summed E-state index contributed by atoms with van der Waals surface area (Å²) in [7, 11) is 4.07. The van der Waals surface area contributed by atoms with Crippen molar-refractivity contribution in [1.82, 2.24) is 20.2 Å². The number of halogens is 2. The van der Waals surface area contributed by atoms with E-state index in [-0.39, 0.29) is 12.1 Å². The van der Waals surface area contributed by atoms with Crippen molar-refractivity contribution in [3.05, 3.63) is 17.5 Å². The molecule has 0 aliphatic rings. The van der Waals surface area contributed by atoms with Gasteiger partial charge in [0.2, 0.25) is 0 Å². The molecule has 0 spiro atoms. The number of likely N-dealkylation sites (N-methyl/N-ethyl adjacent to an activating group) is 1. The van der Waals surface area contributed by atoms with Gasteiger partial charge in [-0.15, -0.1) is 0 Å². The number of nitrogens with zero attached hydrogens (tertiary/aromatic N) is 3. The first-order chi connectivity index (χ1) is 8.86. The Kier molecular flexibility index (Phi) is 4.93. The molecule has 0 fully saturated rings. The summed E-state index contributed by atoms with van der Waals surface area (Å²) in [5.74, 6) is -1.31. The van der Waals surface area contributed by atoms with Gasteiger partial charge in [0.05, 0.1) is 19.2 Å². The van der Waals surface area contributed by atoms with Gasteiger partial charge in [-0.05, 0) is 0 Å². The SMILES string of the molecule is CON(C)C(=O)CNC(=O)c1cn(C)nc1C(F)F. The molecule has 0 saturated carbocycles. The summed E-state index contributed by atoms with van der Waals surface area (Å²) in [6.45, 7) is -0.360.